The van der Waals surface area contributed by atoms with Gasteiger partial charge in [-0.25, -0.2) is 4.79 Å². The first-order chi connectivity index (χ1) is 9.65. The average Bonchev–Trinajstić information content (AvgIpc) is 2.89. The Hall–Kier alpha value is -1.55. The standard InChI is InChI=1S/C16H22O4/c1-3-4-7-19-16(18)13-6-5-12-8-14(11(2)10-17)20-15(12)9-13/h5-6,9,11,14,17H,3-4,7-8,10H2,1-2H3/t11-,14+/m0/s1. The molecule has 1 aromatic carbocycles. The summed E-state index contributed by atoms with van der Waals surface area (Å²) >= 11 is 0. The topological polar surface area (TPSA) is 55.8 Å². The van der Waals surface area contributed by atoms with E-state index in [1.165, 1.54) is 0 Å². The van der Waals surface area contributed by atoms with Gasteiger partial charge in [0.1, 0.15) is 11.9 Å². The average molecular weight is 278 g/mol. The van der Waals surface area contributed by atoms with Crippen molar-refractivity contribution in [3.05, 3.63) is 29.3 Å². The van der Waals surface area contributed by atoms with Gasteiger partial charge in [-0.1, -0.05) is 26.3 Å². The summed E-state index contributed by atoms with van der Waals surface area (Å²) in [6, 6.07) is 5.44. The van der Waals surface area contributed by atoms with Crippen molar-refractivity contribution in [1.82, 2.24) is 0 Å². The molecule has 0 fully saturated rings. The van der Waals surface area contributed by atoms with Crippen molar-refractivity contribution in [2.24, 2.45) is 5.92 Å². The molecule has 0 bridgehead atoms. The largest absolute Gasteiger partial charge is 0.489 e. The van der Waals surface area contributed by atoms with Gasteiger partial charge in [0.05, 0.1) is 12.2 Å². The van der Waals surface area contributed by atoms with Gasteiger partial charge in [0.15, 0.2) is 0 Å². The third-order valence-electron chi connectivity index (χ3n) is 3.66. The van der Waals surface area contributed by atoms with Crippen molar-refractivity contribution < 1.29 is 19.4 Å². The molecule has 0 radical (unpaired) electrons. The lowest BCUT2D eigenvalue weighted by Crippen LogP contribution is -2.25. The van der Waals surface area contributed by atoms with Gasteiger partial charge < -0.3 is 14.6 Å². The summed E-state index contributed by atoms with van der Waals surface area (Å²) in [5.41, 5.74) is 1.61. The van der Waals surface area contributed by atoms with Crippen LogP contribution in [0.4, 0.5) is 0 Å². The first-order valence-corrected chi connectivity index (χ1v) is 7.23. The van der Waals surface area contributed by atoms with Gasteiger partial charge in [0.25, 0.3) is 0 Å². The van der Waals surface area contributed by atoms with Crippen molar-refractivity contribution >= 4 is 5.97 Å². The van der Waals surface area contributed by atoms with Crippen LogP contribution in [-0.4, -0.2) is 30.4 Å². The quantitative estimate of drug-likeness (QED) is 0.642. The number of hydrogen-bond acceptors (Lipinski definition) is 4. The Balaban J connectivity index is 2.02. The molecule has 110 valence electrons. The van der Waals surface area contributed by atoms with Crippen LogP contribution < -0.4 is 4.74 Å². The smallest absolute Gasteiger partial charge is 0.338 e. The van der Waals surface area contributed by atoms with Crippen LogP contribution in [0.1, 0.15) is 42.6 Å². The summed E-state index contributed by atoms with van der Waals surface area (Å²) in [6.07, 6.45) is 2.65. The number of benzene rings is 1. The Morgan fingerprint density at radius 3 is 3.05 bits per heavy atom. The summed E-state index contributed by atoms with van der Waals surface area (Å²) in [7, 11) is 0. The first kappa shape index (κ1) is 14.9. The monoisotopic (exact) mass is 278 g/mol. The highest BCUT2D eigenvalue weighted by Gasteiger charge is 2.28. The number of carbonyl (C=O) groups is 1. The molecule has 0 saturated heterocycles. The molecule has 0 spiro atoms. The number of carbonyl (C=O) groups excluding carboxylic acids is 1. The molecular formula is C16H22O4. The molecule has 0 aromatic heterocycles. The number of rotatable bonds is 6. The summed E-state index contributed by atoms with van der Waals surface area (Å²) in [4.78, 5) is 11.9. The lowest BCUT2D eigenvalue weighted by Gasteiger charge is -2.16. The first-order valence-electron chi connectivity index (χ1n) is 7.23. The number of aliphatic hydroxyl groups excluding tert-OH is 1. The maximum atomic E-state index is 11.9. The molecular weight excluding hydrogens is 256 g/mol. The number of aliphatic hydroxyl groups is 1. The molecule has 0 amide bonds. The Kier molecular flexibility index (Phi) is 5.01. The fraction of sp³-hybridized carbons (Fsp3) is 0.562. The van der Waals surface area contributed by atoms with Gasteiger partial charge in [-0.05, 0) is 24.1 Å². The summed E-state index contributed by atoms with van der Waals surface area (Å²) in [5.74, 6) is 0.520. The summed E-state index contributed by atoms with van der Waals surface area (Å²) in [6.45, 7) is 4.57. The van der Waals surface area contributed by atoms with Crippen LogP contribution in [-0.2, 0) is 11.2 Å². The van der Waals surface area contributed by atoms with Crippen LogP contribution in [0.5, 0.6) is 5.75 Å². The number of unbranched alkanes of at least 4 members (excludes halogenated alkanes) is 1. The number of hydrogen-bond donors (Lipinski definition) is 1. The normalized spacial score (nSPS) is 18.2. The van der Waals surface area contributed by atoms with Gasteiger partial charge >= 0.3 is 5.97 Å². The Labute approximate surface area is 119 Å². The van der Waals surface area contributed by atoms with Crippen molar-refractivity contribution in [3.63, 3.8) is 0 Å². The lowest BCUT2D eigenvalue weighted by molar-refractivity contribution is 0.0498. The Bertz CT molecular complexity index is 470. The molecule has 4 nitrogen and oxygen atoms in total. The molecule has 2 atom stereocenters. The highest BCUT2D eigenvalue weighted by molar-refractivity contribution is 5.90. The van der Waals surface area contributed by atoms with E-state index in [4.69, 9.17) is 9.47 Å². The number of fused-ring (bicyclic) bond motifs is 1. The lowest BCUT2D eigenvalue weighted by atomic mass is 10.00. The number of ether oxygens (including phenoxy) is 2. The predicted molar refractivity (Wildman–Crippen MR) is 76.0 cm³/mol. The third-order valence-corrected chi connectivity index (χ3v) is 3.66. The van der Waals surface area contributed by atoms with Crippen molar-refractivity contribution in [1.29, 1.82) is 0 Å². The maximum Gasteiger partial charge on any atom is 0.338 e. The highest BCUT2D eigenvalue weighted by Crippen LogP contribution is 2.32. The molecule has 4 heteroatoms. The van der Waals surface area contributed by atoms with E-state index in [0.717, 1.165) is 30.6 Å². The molecule has 0 aliphatic carbocycles. The molecule has 1 N–H and O–H groups in total. The molecule has 2 rings (SSSR count). The van der Waals surface area contributed by atoms with E-state index in [9.17, 15) is 9.90 Å². The van der Waals surface area contributed by atoms with Crippen LogP contribution in [0.15, 0.2) is 18.2 Å². The zero-order valence-electron chi connectivity index (χ0n) is 12.1. The molecule has 0 saturated carbocycles. The van der Waals surface area contributed by atoms with E-state index in [1.807, 2.05) is 13.0 Å². The van der Waals surface area contributed by atoms with E-state index < -0.39 is 0 Å². The van der Waals surface area contributed by atoms with Crippen LogP contribution in [0.3, 0.4) is 0 Å². The second kappa shape index (κ2) is 6.75. The molecule has 1 aliphatic rings. The van der Waals surface area contributed by atoms with Crippen molar-refractivity contribution in [2.45, 2.75) is 39.2 Å². The minimum absolute atomic E-state index is 0.0126. The van der Waals surface area contributed by atoms with Crippen LogP contribution in [0.25, 0.3) is 0 Å². The summed E-state index contributed by atoms with van der Waals surface area (Å²) < 4.78 is 11.0. The van der Waals surface area contributed by atoms with Crippen LogP contribution in [0, 0.1) is 5.92 Å². The molecule has 0 unspecified atom stereocenters. The van der Waals surface area contributed by atoms with E-state index in [2.05, 4.69) is 6.92 Å². The van der Waals surface area contributed by atoms with Crippen molar-refractivity contribution in [3.8, 4) is 5.75 Å². The van der Waals surface area contributed by atoms with Crippen LogP contribution >= 0.6 is 0 Å². The molecule has 20 heavy (non-hydrogen) atoms. The zero-order chi connectivity index (χ0) is 14.5. The van der Waals surface area contributed by atoms with Gasteiger partial charge in [-0.15, -0.1) is 0 Å². The van der Waals surface area contributed by atoms with Gasteiger partial charge in [0, 0.05) is 18.9 Å². The fourth-order valence-electron chi connectivity index (χ4n) is 2.21. The highest BCUT2D eigenvalue weighted by atomic mass is 16.5. The van der Waals surface area contributed by atoms with Gasteiger partial charge in [0.2, 0.25) is 0 Å². The molecule has 1 aliphatic heterocycles. The zero-order valence-corrected chi connectivity index (χ0v) is 12.1. The van der Waals surface area contributed by atoms with Crippen LogP contribution in [0.2, 0.25) is 0 Å². The second-order valence-electron chi connectivity index (χ2n) is 5.33. The Morgan fingerprint density at radius 1 is 1.55 bits per heavy atom. The molecule has 1 heterocycles. The Morgan fingerprint density at radius 2 is 2.35 bits per heavy atom. The van der Waals surface area contributed by atoms with E-state index in [0.29, 0.717) is 12.2 Å². The van der Waals surface area contributed by atoms with Gasteiger partial charge in [-0.3, -0.25) is 0 Å². The number of esters is 1. The molecule has 1 aromatic rings. The van der Waals surface area contributed by atoms with E-state index >= 15 is 0 Å². The minimum atomic E-state index is -0.302. The SMILES string of the molecule is CCCCOC(=O)c1ccc2c(c1)O[C@@H]([C@@H](C)CO)C2. The van der Waals surface area contributed by atoms with Gasteiger partial charge in [-0.2, -0.15) is 0 Å². The maximum absolute atomic E-state index is 11.9. The fourth-order valence-corrected chi connectivity index (χ4v) is 2.21. The van der Waals surface area contributed by atoms with Crippen molar-refractivity contribution in [2.75, 3.05) is 13.2 Å². The third kappa shape index (κ3) is 3.31. The van der Waals surface area contributed by atoms with E-state index in [1.54, 1.807) is 12.1 Å². The van der Waals surface area contributed by atoms with E-state index in [-0.39, 0.29) is 24.6 Å². The summed E-state index contributed by atoms with van der Waals surface area (Å²) in [5, 5.41) is 9.18. The second-order valence-corrected chi connectivity index (χ2v) is 5.33. The minimum Gasteiger partial charge on any atom is -0.489 e. The predicted octanol–water partition coefficient (Wildman–Crippen LogP) is 2.58.